The maximum absolute atomic E-state index is 11.8. The van der Waals surface area contributed by atoms with Crippen molar-refractivity contribution in [2.45, 2.75) is 19.8 Å². The first-order valence-electron chi connectivity index (χ1n) is 5.14. The summed E-state index contributed by atoms with van der Waals surface area (Å²) in [6, 6.07) is 7.69. The van der Waals surface area contributed by atoms with Crippen molar-refractivity contribution in [2.75, 3.05) is 6.54 Å². The van der Waals surface area contributed by atoms with Crippen LogP contribution in [0.2, 0.25) is 0 Å². The van der Waals surface area contributed by atoms with E-state index in [-0.39, 0.29) is 5.91 Å². The number of hydrogen-bond acceptors (Lipinski definition) is 1. The lowest BCUT2D eigenvalue weighted by Gasteiger charge is -2.11. The molecule has 0 radical (unpaired) electrons. The molecule has 0 aromatic heterocycles. The SMILES string of the molecule is C=CCNC(=O)c1ccccc1C(C)C. The molecule has 0 spiro atoms. The van der Waals surface area contributed by atoms with Crippen molar-refractivity contribution in [1.29, 1.82) is 0 Å². The molecule has 0 aliphatic heterocycles. The molecule has 15 heavy (non-hydrogen) atoms. The summed E-state index contributed by atoms with van der Waals surface area (Å²) in [5.41, 5.74) is 1.84. The highest BCUT2D eigenvalue weighted by Crippen LogP contribution is 2.18. The van der Waals surface area contributed by atoms with Crippen molar-refractivity contribution in [3.8, 4) is 0 Å². The van der Waals surface area contributed by atoms with Gasteiger partial charge in [-0.15, -0.1) is 6.58 Å². The Morgan fingerprint density at radius 2 is 2.13 bits per heavy atom. The fraction of sp³-hybridized carbons (Fsp3) is 0.308. The summed E-state index contributed by atoms with van der Waals surface area (Å²) in [5.74, 6) is 0.329. The summed E-state index contributed by atoms with van der Waals surface area (Å²) < 4.78 is 0. The lowest BCUT2D eigenvalue weighted by molar-refractivity contribution is 0.0956. The molecule has 0 unspecified atom stereocenters. The predicted octanol–water partition coefficient (Wildman–Crippen LogP) is 2.73. The van der Waals surface area contributed by atoms with E-state index in [1.807, 2.05) is 24.3 Å². The molecule has 0 heterocycles. The third kappa shape index (κ3) is 2.94. The molecule has 1 rings (SSSR count). The van der Waals surface area contributed by atoms with Crippen LogP contribution >= 0.6 is 0 Å². The van der Waals surface area contributed by atoms with Gasteiger partial charge in [0.2, 0.25) is 0 Å². The van der Waals surface area contributed by atoms with Gasteiger partial charge in [0, 0.05) is 12.1 Å². The van der Waals surface area contributed by atoms with Gasteiger partial charge in [-0.05, 0) is 17.5 Å². The largest absolute Gasteiger partial charge is 0.349 e. The van der Waals surface area contributed by atoms with Crippen LogP contribution in [0, 0.1) is 0 Å². The van der Waals surface area contributed by atoms with Gasteiger partial charge >= 0.3 is 0 Å². The number of nitrogens with one attached hydrogen (secondary N) is 1. The zero-order valence-corrected chi connectivity index (χ0v) is 9.29. The van der Waals surface area contributed by atoms with Crippen LogP contribution in [-0.2, 0) is 0 Å². The molecule has 2 heteroatoms. The first-order chi connectivity index (χ1) is 7.16. The molecule has 1 aromatic rings. The highest BCUT2D eigenvalue weighted by Gasteiger charge is 2.11. The monoisotopic (exact) mass is 203 g/mol. The fourth-order valence-electron chi connectivity index (χ4n) is 1.47. The average Bonchev–Trinajstić information content (AvgIpc) is 2.25. The van der Waals surface area contributed by atoms with E-state index < -0.39 is 0 Å². The molecule has 0 saturated heterocycles. The summed E-state index contributed by atoms with van der Waals surface area (Å²) >= 11 is 0. The summed E-state index contributed by atoms with van der Waals surface area (Å²) in [6.07, 6.45) is 1.68. The van der Waals surface area contributed by atoms with Gasteiger partial charge in [0.15, 0.2) is 0 Å². The van der Waals surface area contributed by atoms with E-state index in [4.69, 9.17) is 0 Å². The topological polar surface area (TPSA) is 29.1 Å². The molecule has 0 saturated carbocycles. The summed E-state index contributed by atoms with van der Waals surface area (Å²) in [5, 5.41) is 2.79. The number of carbonyl (C=O) groups excluding carboxylic acids is 1. The third-order valence-corrected chi connectivity index (χ3v) is 2.23. The minimum atomic E-state index is -0.0285. The van der Waals surface area contributed by atoms with Crippen LogP contribution in [-0.4, -0.2) is 12.5 Å². The van der Waals surface area contributed by atoms with Gasteiger partial charge in [0.25, 0.3) is 5.91 Å². The van der Waals surface area contributed by atoms with E-state index in [9.17, 15) is 4.79 Å². The summed E-state index contributed by atoms with van der Waals surface area (Å²) in [4.78, 5) is 11.8. The molecule has 0 aliphatic carbocycles. The number of rotatable bonds is 4. The molecule has 80 valence electrons. The summed E-state index contributed by atoms with van der Waals surface area (Å²) in [6.45, 7) is 8.24. The Bertz CT molecular complexity index is 355. The van der Waals surface area contributed by atoms with Crippen molar-refractivity contribution in [3.05, 3.63) is 48.0 Å². The normalized spacial score (nSPS) is 10.1. The van der Waals surface area contributed by atoms with Crippen LogP contribution in [0.5, 0.6) is 0 Å². The van der Waals surface area contributed by atoms with Crippen LogP contribution < -0.4 is 5.32 Å². The van der Waals surface area contributed by atoms with Gasteiger partial charge in [0.1, 0.15) is 0 Å². The third-order valence-electron chi connectivity index (χ3n) is 2.23. The van der Waals surface area contributed by atoms with E-state index in [0.29, 0.717) is 12.5 Å². The maximum Gasteiger partial charge on any atom is 0.251 e. The van der Waals surface area contributed by atoms with Crippen LogP contribution in [0.3, 0.4) is 0 Å². The van der Waals surface area contributed by atoms with Gasteiger partial charge in [-0.25, -0.2) is 0 Å². The van der Waals surface area contributed by atoms with Crippen LogP contribution in [0.25, 0.3) is 0 Å². The lowest BCUT2D eigenvalue weighted by Crippen LogP contribution is -2.24. The second-order valence-electron chi connectivity index (χ2n) is 3.74. The Balaban J connectivity index is 2.92. The van der Waals surface area contributed by atoms with Gasteiger partial charge in [-0.2, -0.15) is 0 Å². The number of hydrogen-bond donors (Lipinski definition) is 1. The first-order valence-corrected chi connectivity index (χ1v) is 5.14. The highest BCUT2D eigenvalue weighted by molar-refractivity contribution is 5.95. The summed E-state index contributed by atoms with van der Waals surface area (Å²) in [7, 11) is 0. The smallest absolute Gasteiger partial charge is 0.251 e. The Morgan fingerprint density at radius 1 is 1.47 bits per heavy atom. The second kappa shape index (κ2) is 5.35. The molecule has 0 fully saturated rings. The molecule has 0 atom stereocenters. The second-order valence-corrected chi connectivity index (χ2v) is 3.74. The van der Waals surface area contributed by atoms with Gasteiger partial charge < -0.3 is 5.32 Å². The number of carbonyl (C=O) groups is 1. The Labute approximate surface area is 91.0 Å². The van der Waals surface area contributed by atoms with E-state index in [1.54, 1.807) is 6.08 Å². The Morgan fingerprint density at radius 3 is 2.73 bits per heavy atom. The molecular formula is C13H17NO. The Hall–Kier alpha value is -1.57. The minimum absolute atomic E-state index is 0.0285. The minimum Gasteiger partial charge on any atom is -0.349 e. The Kier molecular flexibility index (Phi) is 4.10. The molecule has 1 aromatic carbocycles. The zero-order chi connectivity index (χ0) is 11.3. The molecule has 1 amide bonds. The van der Waals surface area contributed by atoms with Crippen molar-refractivity contribution in [1.82, 2.24) is 5.32 Å². The molecule has 0 aliphatic rings. The van der Waals surface area contributed by atoms with Gasteiger partial charge in [-0.1, -0.05) is 38.1 Å². The average molecular weight is 203 g/mol. The lowest BCUT2D eigenvalue weighted by atomic mass is 9.97. The van der Waals surface area contributed by atoms with Crippen LogP contribution in [0.15, 0.2) is 36.9 Å². The predicted molar refractivity (Wildman–Crippen MR) is 63.1 cm³/mol. The van der Waals surface area contributed by atoms with Crippen molar-refractivity contribution >= 4 is 5.91 Å². The fourth-order valence-corrected chi connectivity index (χ4v) is 1.47. The van der Waals surface area contributed by atoms with Crippen molar-refractivity contribution < 1.29 is 4.79 Å². The van der Waals surface area contributed by atoms with Crippen LogP contribution in [0.4, 0.5) is 0 Å². The molecule has 2 nitrogen and oxygen atoms in total. The van der Waals surface area contributed by atoms with Crippen LogP contribution in [0.1, 0.15) is 35.7 Å². The molecule has 0 bridgehead atoms. The van der Waals surface area contributed by atoms with Crippen molar-refractivity contribution in [2.24, 2.45) is 0 Å². The highest BCUT2D eigenvalue weighted by atomic mass is 16.1. The zero-order valence-electron chi connectivity index (χ0n) is 9.29. The van der Waals surface area contributed by atoms with Gasteiger partial charge in [-0.3, -0.25) is 4.79 Å². The van der Waals surface area contributed by atoms with E-state index >= 15 is 0 Å². The van der Waals surface area contributed by atoms with E-state index in [0.717, 1.165) is 11.1 Å². The maximum atomic E-state index is 11.8. The quantitative estimate of drug-likeness (QED) is 0.749. The number of benzene rings is 1. The van der Waals surface area contributed by atoms with Crippen molar-refractivity contribution in [3.63, 3.8) is 0 Å². The molecule has 1 N–H and O–H groups in total. The van der Waals surface area contributed by atoms with E-state index in [1.165, 1.54) is 0 Å². The molecular weight excluding hydrogens is 186 g/mol. The van der Waals surface area contributed by atoms with Gasteiger partial charge in [0.05, 0.1) is 0 Å². The number of amides is 1. The first kappa shape index (κ1) is 11.5. The standard InChI is InChI=1S/C13H17NO/c1-4-9-14-13(15)12-8-6-5-7-11(12)10(2)3/h4-8,10H,1,9H2,2-3H3,(H,14,15). The van der Waals surface area contributed by atoms with E-state index in [2.05, 4.69) is 25.7 Å².